The normalized spacial score (nSPS) is 14.1. The van der Waals surface area contributed by atoms with E-state index in [0.717, 1.165) is 46.5 Å². The molecule has 0 aliphatic carbocycles. The van der Waals surface area contributed by atoms with Crippen molar-refractivity contribution < 1.29 is 4.74 Å². The van der Waals surface area contributed by atoms with Gasteiger partial charge in [0, 0.05) is 22.9 Å². The number of hydrazone groups is 1. The molecule has 1 aromatic heterocycles. The predicted molar refractivity (Wildman–Crippen MR) is 85.6 cm³/mol. The quantitative estimate of drug-likeness (QED) is 0.290. The number of amidine groups is 1. The lowest BCUT2D eigenvalue weighted by atomic mass is 10.0. The molecule has 6 heteroatoms. The van der Waals surface area contributed by atoms with E-state index >= 15 is 0 Å². The molecule has 0 unspecified atom stereocenters. The summed E-state index contributed by atoms with van der Waals surface area (Å²) in [6.07, 6.45) is 0.934. The van der Waals surface area contributed by atoms with E-state index < -0.39 is 0 Å². The maximum Gasteiger partial charge on any atom is 0.150 e. The first-order chi connectivity index (χ1) is 10.8. The Morgan fingerprint density at radius 2 is 2.14 bits per heavy atom. The summed E-state index contributed by atoms with van der Waals surface area (Å²) < 4.78 is 5.55. The summed E-state index contributed by atoms with van der Waals surface area (Å²) >= 11 is 0. The second-order valence-electron chi connectivity index (χ2n) is 5.27. The van der Waals surface area contributed by atoms with Gasteiger partial charge < -0.3 is 16.3 Å². The molecule has 3 aromatic rings. The van der Waals surface area contributed by atoms with Gasteiger partial charge in [-0.2, -0.15) is 10.2 Å². The van der Waals surface area contributed by atoms with Crippen LogP contribution in [0.1, 0.15) is 11.1 Å². The van der Waals surface area contributed by atoms with Gasteiger partial charge in [0.1, 0.15) is 11.6 Å². The molecule has 4 rings (SSSR count). The predicted octanol–water partition coefficient (Wildman–Crippen LogP) is 1.74. The Morgan fingerprint density at radius 1 is 1.23 bits per heavy atom. The number of hydrogen-bond donors (Lipinski definition) is 3. The molecule has 22 heavy (non-hydrogen) atoms. The number of aromatic amines is 1. The van der Waals surface area contributed by atoms with Crippen LogP contribution in [0.3, 0.4) is 0 Å². The number of H-pyrrole nitrogens is 1. The molecule has 5 N–H and O–H groups in total. The van der Waals surface area contributed by atoms with Crippen molar-refractivity contribution in [2.75, 3.05) is 6.61 Å². The molecule has 0 bridgehead atoms. The number of hydrogen-bond acceptors (Lipinski definition) is 4. The zero-order chi connectivity index (χ0) is 15.1. The third-order valence-corrected chi connectivity index (χ3v) is 3.96. The molecule has 0 spiro atoms. The van der Waals surface area contributed by atoms with Crippen LogP contribution >= 0.6 is 0 Å². The highest BCUT2D eigenvalue weighted by Gasteiger charge is 2.15. The smallest absolute Gasteiger partial charge is 0.150 e. The zero-order valence-electron chi connectivity index (χ0n) is 11.8. The lowest BCUT2D eigenvalue weighted by Crippen LogP contribution is -2.15. The summed E-state index contributed by atoms with van der Waals surface area (Å²) in [6.45, 7) is 0.744. The SMILES string of the molecule is N/N=C(\N)c1ccc2[nH]nc(-c3ccc4c(c3)CCO4)c2c1. The number of ether oxygens (including phenoxy) is 1. The summed E-state index contributed by atoms with van der Waals surface area (Å²) in [5, 5.41) is 12.0. The molecular weight excluding hydrogens is 278 g/mol. The zero-order valence-corrected chi connectivity index (χ0v) is 11.8. The molecule has 0 radical (unpaired) electrons. The van der Waals surface area contributed by atoms with Crippen molar-refractivity contribution in [1.29, 1.82) is 0 Å². The second kappa shape index (κ2) is 4.77. The molecule has 0 saturated heterocycles. The Kier molecular flexibility index (Phi) is 2.75. The summed E-state index contributed by atoms with van der Waals surface area (Å²) in [6, 6.07) is 11.9. The fourth-order valence-corrected chi connectivity index (χ4v) is 2.80. The molecular formula is C16H15N5O. The molecule has 1 aliphatic rings. The van der Waals surface area contributed by atoms with E-state index in [9.17, 15) is 0 Å². The van der Waals surface area contributed by atoms with E-state index in [4.69, 9.17) is 16.3 Å². The molecule has 6 nitrogen and oxygen atoms in total. The minimum absolute atomic E-state index is 0.302. The Balaban J connectivity index is 1.88. The van der Waals surface area contributed by atoms with Gasteiger partial charge in [-0.05, 0) is 42.0 Å². The number of fused-ring (bicyclic) bond motifs is 2. The van der Waals surface area contributed by atoms with Gasteiger partial charge in [-0.3, -0.25) is 5.10 Å². The minimum Gasteiger partial charge on any atom is -0.493 e. The van der Waals surface area contributed by atoms with Crippen LogP contribution in [0.2, 0.25) is 0 Å². The first-order valence-electron chi connectivity index (χ1n) is 7.04. The number of nitrogens with one attached hydrogen (secondary N) is 1. The Bertz CT molecular complexity index is 897. The summed E-state index contributed by atoms with van der Waals surface area (Å²) in [7, 11) is 0. The molecule has 0 amide bonds. The van der Waals surface area contributed by atoms with Crippen molar-refractivity contribution in [3.05, 3.63) is 47.5 Å². The highest BCUT2D eigenvalue weighted by atomic mass is 16.5. The van der Waals surface area contributed by atoms with Crippen molar-refractivity contribution in [1.82, 2.24) is 10.2 Å². The van der Waals surface area contributed by atoms with Gasteiger partial charge in [0.2, 0.25) is 0 Å². The van der Waals surface area contributed by atoms with Crippen LogP contribution in [-0.2, 0) is 6.42 Å². The van der Waals surface area contributed by atoms with E-state index in [-0.39, 0.29) is 0 Å². The minimum atomic E-state index is 0.302. The summed E-state index contributed by atoms with van der Waals surface area (Å²) in [5.74, 6) is 6.52. The third kappa shape index (κ3) is 1.88. The molecule has 0 atom stereocenters. The molecule has 0 fully saturated rings. The molecule has 1 aliphatic heterocycles. The van der Waals surface area contributed by atoms with Crippen molar-refractivity contribution in [2.24, 2.45) is 16.7 Å². The largest absolute Gasteiger partial charge is 0.493 e. The van der Waals surface area contributed by atoms with Gasteiger partial charge in [-0.25, -0.2) is 0 Å². The van der Waals surface area contributed by atoms with Gasteiger partial charge in [0.25, 0.3) is 0 Å². The van der Waals surface area contributed by atoms with E-state index in [1.165, 1.54) is 5.56 Å². The van der Waals surface area contributed by atoms with Gasteiger partial charge in [0.15, 0.2) is 0 Å². The fourth-order valence-electron chi connectivity index (χ4n) is 2.80. The van der Waals surface area contributed by atoms with Crippen LogP contribution in [0.15, 0.2) is 41.5 Å². The Morgan fingerprint density at radius 3 is 3.00 bits per heavy atom. The first-order valence-corrected chi connectivity index (χ1v) is 7.04. The molecule has 0 saturated carbocycles. The number of rotatable bonds is 2. The number of aromatic nitrogens is 2. The fraction of sp³-hybridized carbons (Fsp3) is 0.125. The second-order valence-corrected chi connectivity index (χ2v) is 5.27. The summed E-state index contributed by atoms with van der Waals surface area (Å²) in [5.41, 5.74) is 10.7. The monoisotopic (exact) mass is 293 g/mol. The Labute approximate surface area is 126 Å². The van der Waals surface area contributed by atoms with Crippen LogP contribution in [0, 0.1) is 0 Å². The van der Waals surface area contributed by atoms with Crippen molar-refractivity contribution >= 4 is 16.7 Å². The number of nitrogens with two attached hydrogens (primary N) is 2. The maximum atomic E-state index is 5.79. The highest BCUT2D eigenvalue weighted by Crippen LogP contribution is 2.32. The van der Waals surface area contributed by atoms with Gasteiger partial charge in [-0.15, -0.1) is 0 Å². The van der Waals surface area contributed by atoms with Crippen LogP contribution < -0.4 is 16.3 Å². The van der Waals surface area contributed by atoms with Crippen molar-refractivity contribution in [3.63, 3.8) is 0 Å². The molecule has 2 heterocycles. The van der Waals surface area contributed by atoms with E-state index in [1.807, 2.05) is 30.3 Å². The van der Waals surface area contributed by atoms with Gasteiger partial charge >= 0.3 is 0 Å². The Hall–Kier alpha value is -3.02. The average molecular weight is 293 g/mol. The van der Waals surface area contributed by atoms with Crippen LogP contribution in [0.5, 0.6) is 5.75 Å². The molecule has 2 aromatic carbocycles. The van der Waals surface area contributed by atoms with E-state index in [1.54, 1.807) is 0 Å². The van der Waals surface area contributed by atoms with Crippen molar-refractivity contribution in [3.8, 4) is 17.0 Å². The lowest BCUT2D eigenvalue weighted by Gasteiger charge is -2.03. The van der Waals surface area contributed by atoms with E-state index in [0.29, 0.717) is 5.84 Å². The lowest BCUT2D eigenvalue weighted by molar-refractivity contribution is 0.357. The van der Waals surface area contributed by atoms with Crippen LogP contribution in [-0.4, -0.2) is 22.6 Å². The van der Waals surface area contributed by atoms with E-state index in [2.05, 4.69) is 21.4 Å². The first kappa shape index (κ1) is 12.7. The third-order valence-electron chi connectivity index (χ3n) is 3.96. The standard InChI is InChI=1S/C16H15N5O/c17-16(19-18)11-1-3-13-12(8-11)15(21-20-13)10-2-4-14-9(7-10)5-6-22-14/h1-4,7-8H,5-6,18H2,(H2,17,19)(H,20,21). The van der Waals surface area contributed by atoms with Gasteiger partial charge in [0.05, 0.1) is 17.8 Å². The number of nitrogens with zero attached hydrogens (tertiary/aromatic N) is 2. The van der Waals surface area contributed by atoms with Crippen molar-refractivity contribution in [2.45, 2.75) is 6.42 Å². The van der Waals surface area contributed by atoms with Gasteiger partial charge in [-0.1, -0.05) is 0 Å². The number of benzene rings is 2. The topological polar surface area (TPSA) is 102 Å². The summed E-state index contributed by atoms with van der Waals surface area (Å²) in [4.78, 5) is 0. The van der Waals surface area contributed by atoms with Crippen LogP contribution in [0.25, 0.3) is 22.2 Å². The maximum absolute atomic E-state index is 5.79. The molecule has 110 valence electrons. The highest BCUT2D eigenvalue weighted by molar-refractivity contribution is 6.03. The average Bonchev–Trinajstić information content (AvgIpc) is 3.18. The van der Waals surface area contributed by atoms with Crippen LogP contribution in [0.4, 0.5) is 0 Å².